The quantitative estimate of drug-likeness (QED) is 0.447. The van der Waals surface area contributed by atoms with Gasteiger partial charge in [0.2, 0.25) is 0 Å². The second kappa shape index (κ2) is 9.89. The first-order valence-corrected chi connectivity index (χ1v) is 9.22. The van der Waals surface area contributed by atoms with Gasteiger partial charge in [-0.25, -0.2) is 13.8 Å². The highest BCUT2D eigenvalue weighted by molar-refractivity contribution is 7.97. The monoisotopic (exact) mass is 453 g/mol. The van der Waals surface area contributed by atoms with Gasteiger partial charge in [0.15, 0.2) is 23.5 Å². The number of alkyl halides is 4. The average molecular weight is 453 g/mol. The lowest BCUT2D eigenvalue weighted by Crippen LogP contribution is -2.18. The van der Waals surface area contributed by atoms with Crippen molar-refractivity contribution < 1.29 is 40.6 Å². The molecule has 1 aliphatic heterocycles. The molecule has 3 rings (SSSR count). The molecule has 1 atom stereocenters. The number of hydrogen-bond donors (Lipinski definition) is 1. The van der Waals surface area contributed by atoms with Gasteiger partial charge < -0.3 is 18.9 Å². The minimum atomic E-state index is -3.24. The van der Waals surface area contributed by atoms with Crippen LogP contribution < -0.4 is 14.2 Å². The van der Waals surface area contributed by atoms with Crippen molar-refractivity contribution in [3.05, 3.63) is 59.1 Å². The number of hydrogen-bond acceptors (Lipinski definition) is 7. The van der Waals surface area contributed by atoms with E-state index < -0.39 is 55.0 Å². The fraction of sp³-hybridized carbons (Fsp3) is 0.294. The lowest BCUT2D eigenvalue weighted by molar-refractivity contribution is -0.138. The van der Waals surface area contributed by atoms with Crippen molar-refractivity contribution in [2.75, 3.05) is 5.75 Å². The zero-order valence-corrected chi connectivity index (χ0v) is 15.6. The van der Waals surface area contributed by atoms with Gasteiger partial charge in [0.25, 0.3) is 0 Å². The summed E-state index contributed by atoms with van der Waals surface area (Å²) in [4.78, 5) is 7.37. The third-order valence-electron chi connectivity index (χ3n) is 3.70. The highest BCUT2D eigenvalue weighted by Crippen LogP contribution is 2.33. The van der Waals surface area contributed by atoms with Crippen LogP contribution in [0.15, 0.2) is 36.2 Å². The summed E-state index contributed by atoms with van der Waals surface area (Å²) in [5, 5.41) is 0. The molecular formula is C17H13F6N3O3S. The van der Waals surface area contributed by atoms with Crippen LogP contribution in [0.25, 0.3) is 0 Å². The minimum absolute atomic E-state index is 0.201. The summed E-state index contributed by atoms with van der Waals surface area (Å²) in [7, 11) is 0. The molecule has 162 valence electrons. The normalized spacial score (nSPS) is 14.6. The van der Waals surface area contributed by atoms with Crippen LogP contribution >= 0.6 is 11.9 Å². The second-order valence-corrected chi connectivity index (χ2v) is 6.48. The van der Waals surface area contributed by atoms with Gasteiger partial charge in [-0.2, -0.15) is 22.5 Å². The van der Waals surface area contributed by atoms with Crippen molar-refractivity contribution in [3.63, 3.8) is 0 Å². The Kier molecular flexibility index (Phi) is 7.26. The summed E-state index contributed by atoms with van der Waals surface area (Å²) in [6.07, 6.45) is 1.40. The van der Waals surface area contributed by atoms with Crippen molar-refractivity contribution in [1.82, 2.24) is 14.7 Å². The molecule has 0 radical (unpaired) electrons. The number of nitrogens with one attached hydrogen (secondary N) is 1. The topological polar surface area (TPSA) is 65.5 Å². The minimum Gasteiger partial charge on any atom is -0.449 e. The van der Waals surface area contributed by atoms with Crippen LogP contribution in [0.5, 0.6) is 11.8 Å². The molecule has 0 spiro atoms. The molecular weight excluding hydrogens is 440 g/mol. The summed E-state index contributed by atoms with van der Waals surface area (Å²) in [5.74, 6) is -2.14. The zero-order chi connectivity index (χ0) is 21.7. The van der Waals surface area contributed by atoms with Crippen molar-refractivity contribution in [2.45, 2.75) is 25.9 Å². The van der Waals surface area contributed by atoms with Gasteiger partial charge in [-0.05, 0) is 30.2 Å². The molecule has 1 N–H and O–H groups in total. The van der Waals surface area contributed by atoms with E-state index in [9.17, 15) is 26.3 Å². The Hall–Kier alpha value is -2.67. The van der Waals surface area contributed by atoms with Crippen LogP contribution in [-0.2, 0) is 11.3 Å². The van der Waals surface area contributed by atoms with Gasteiger partial charge >= 0.3 is 19.2 Å². The third kappa shape index (κ3) is 5.69. The molecule has 1 aliphatic rings. The number of benzene rings is 1. The first-order valence-electron chi connectivity index (χ1n) is 8.23. The molecule has 0 bridgehead atoms. The number of halogens is 6. The fourth-order valence-electron chi connectivity index (χ4n) is 2.43. The summed E-state index contributed by atoms with van der Waals surface area (Å²) >= 11 is 1.30. The molecule has 0 amide bonds. The number of rotatable bonds is 9. The first kappa shape index (κ1) is 22.0. The zero-order valence-electron chi connectivity index (χ0n) is 14.8. The Morgan fingerprint density at radius 2 is 1.87 bits per heavy atom. The Labute approximate surface area is 170 Å². The van der Waals surface area contributed by atoms with E-state index >= 15 is 0 Å². The fourth-order valence-corrected chi connectivity index (χ4v) is 3.13. The molecule has 1 aromatic carbocycles. The smallest absolute Gasteiger partial charge is 0.387 e. The standard InChI is InChI=1S/C17H13F6N3O3S/c18-9-2-1-8(5-13(9)28-16(22)23)14(11-3-4-30-26-11)29-17-24-6-10(19)12(25-17)7-27-15(20)21/h1-3,5-6,14-16,26H,4,7H2. The van der Waals surface area contributed by atoms with Crippen molar-refractivity contribution in [2.24, 2.45) is 0 Å². The molecule has 2 heterocycles. The maximum Gasteiger partial charge on any atom is 0.387 e. The molecule has 30 heavy (non-hydrogen) atoms. The number of ether oxygens (including phenoxy) is 3. The lowest BCUT2D eigenvalue weighted by Gasteiger charge is -2.21. The van der Waals surface area contributed by atoms with Crippen LogP contribution in [0.2, 0.25) is 0 Å². The number of aromatic nitrogens is 2. The Morgan fingerprint density at radius 3 is 2.53 bits per heavy atom. The van der Waals surface area contributed by atoms with Gasteiger partial charge in [0.05, 0.1) is 18.5 Å². The third-order valence-corrected chi connectivity index (χ3v) is 4.41. The Morgan fingerprint density at radius 1 is 1.07 bits per heavy atom. The van der Waals surface area contributed by atoms with E-state index in [1.165, 1.54) is 18.0 Å². The SMILES string of the molecule is Fc1ccc(C(Oc2ncc(F)c(COC(F)F)n2)C2=CCSN2)cc1OC(F)F. The first-order chi connectivity index (χ1) is 14.3. The van der Waals surface area contributed by atoms with E-state index in [0.717, 1.165) is 12.1 Å². The largest absolute Gasteiger partial charge is 0.449 e. The van der Waals surface area contributed by atoms with Crippen molar-refractivity contribution in [3.8, 4) is 11.8 Å². The molecule has 0 aliphatic carbocycles. The van der Waals surface area contributed by atoms with Crippen LogP contribution in [0.1, 0.15) is 17.4 Å². The summed E-state index contributed by atoms with van der Waals surface area (Å²) in [6.45, 7) is -7.20. The molecule has 6 nitrogen and oxygen atoms in total. The highest BCUT2D eigenvalue weighted by Gasteiger charge is 2.25. The van der Waals surface area contributed by atoms with Crippen LogP contribution in [0.3, 0.4) is 0 Å². The van der Waals surface area contributed by atoms with E-state index in [2.05, 4.69) is 24.2 Å². The van der Waals surface area contributed by atoms with Crippen LogP contribution in [-0.4, -0.2) is 28.9 Å². The molecule has 0 fully saturated rings. The van der Waals surface area contributed by atoms with Crippen LogP contribution in [0, 0.1) is 11.6 Å². The van der Waals surface area contributed by atoms with Gasteiger partial charge in [0.1, 0.15) is 5.69 Å². The predicted octanol–water partition coefficient (Wildman–Crippen LogP) is 4.35. The molecule has 0 saturated carbocycles. The highest BCUT2D eigenvalue weighted by atomic mass is 32.2. The van der Waals surface area contributed by atoms with Crippen molar-refractivity contribution in [1.29, 1.82) is 0 Å². The predicted molar refractivity (Wildman–Crippen MR) is 92.9 cm³/mol. The van der Waals surface area contributed by atoms with E-state index in [1.54, 1.807) is 6.08 Å². The second-order valence-electron chi connectivity index (χ2n) is 5.66. The molecule has 2 aromatic rings. The van der Waals surface area contributed by atoms with Crippen LogP contribution in [0.4, 0.5) is 26.3 Å². The average Bonchev–Trinajstić information content (AvgIpc) is 3.22. The van der Waals surface area contributed by atoms with E-state index in [0.29, 0.717) is 17.6 Å². The molecule has 1 unspecified atom stereocenters. The molecule has 1 aromatic heterocycles. The van der Waals surface area contributed by atoms with Crippen molar-refractivity contribution >= 4 is 11.9 Å². The lowest BCUT2D eigenvalue weighted by atomic mass is 10.1. The van der Waals surface area contributed by atoms with Gasteiger partial charge in [0, 0.05) is 11.3 Å². The van der Waals surface area contributed by atoms with Gasteiger partial charge in [-0.3, -0.25) is 0 Å². The summed E-state index contributed by atoms with van der Waals surface area (Å²) in [5.41, 5.74) is 0.196. The van der Waals surface area contributed by atoms with E-state index in [4.69, 9.17) is 4.74 Å². The maximum atomic E-state index is 13.8. The van der Waals surface area contributed by atoms with E-state index in [1.807, 2.05) is 0 Å². The Balaban J connectivity index is 1.90. The summed E-state index contributed by atoms with van der Waals surface area (Å²) < 4.78 is 93.8. The van der Waals surface area contributed by atoms with Gasteiger partial charge in [-0.15, -0.1) is 0 Å². The Bertz CT molecular complexity index is 918. The molecule has 13 heteroatoms. The van der Waals surface area contributed by atoms with E-state index in [-0.39, 0.29) is 5.56 Å². The maximum absolute atomic E-state index is 13.8. The van der Waals surface area contributed by atoms with Gasteiger partial charge in [-0.1, -0.05) is 6.07 Å². The number of nitrogens with zero attached hydrogens (tertiary/aromatic N) is 2. The summed E-state index contributed by atoms with van der Waals surface area (Å²) in [6, 6.07) is 2.81. The molecule has 0 saturated heterocycles.